The minimum absolute atomic E-state index is 0.821. The fraction of sp³-hybridized carbons (Fsp3) is 0.903. The van der Waals surface area contributed by atoms with Gasteiger partial charge in [-0.05, 0) is 6.92 Å². The molecule has 4 fully saturated rings. The summed E-state index contributed by atoms with van der Waals surface area (Å²) < 4.78 is 76.5. The number of carboxylic acids is 1. The van der Waals surface area contributed by atoms with Crippen molar-refractivity contribution in [3.63, 3.8) is 0 Å². The topological polar surface area (TPSA) is 446 Å². The van der Waals surface area contributed by atoms with Gasteiger partial charge in [0, 0.05) is 20.3 Å². The number of amides is 2. The van der Waals surface area contributed by atoms with Crippen molar-refractivity contribution in [1.29, 1.82) is 0 Å². The van der Waals surface area contributed by atoms with Gasteiger partial charge in [-0.25, -0.2) is 8.98 Å². The number of ether oxygens (including phenoxy) is 7. The molecule has 4 rings (SSSR count). The van der Waals surface area contributed by atoms with E-state index in [0.717, 1.165) is 13.8 Å². The zero-order chi connectivity index (χ0) is 45.2. The Morgan fingerprint density at radius 3 is 1.92 bits per heavy atom. The molecule has 0 spiro atoms. The van der Waals surface area contributed by atoms with E-state index in [1.54, 1.807) is 0 Å². The van der Waals surface area contributed by atoms with E-state index in [1.807, 2.05) is 0 Å². The fourth-order valence-corrected chi connectivity index (χ4v) is 7.44. The molecule has 0 saturated carbocycles. The number of nitrogens with one attached hydrogen (secondary N) is 2. The number of aliphatic carboxylic acids is 1. The summed E-state index contributed by atoms with van der Waals surface area (Å²) in [6.07, 6.45) is -37.6. The SMILES string of the molecule is CC(=O)NC1[C@H]([C@H](O)[C@H](O)CO)O[C@@](O[C@H]2[C@@H](O)[C@@H](CO)O[C@@H](O[C@H]3[C@H](O[C@@H]4O[C@@H](C)[C@@H](O)[C@@H](O)[C@@H]4O)[C@@H](NC(C)=O)C(O)O[C@@H]3COS(=O)(=O)O)[C@@H]2O)(C(=O)O)C[C@@H]1O. The Balaban J connectivity index is 1.77. The van der Waals surface area contributed by atoms with Crippen molar-refractivity contribution in [2.24, 2.45) is 0 Å². The fourth-order valence-electron chi connectivity index (χ4n) is 7.13. The van der Waals surface area contributed by atoms with E-state index in [9.17, 15) is 88.6 Å². The summed E-state index contributed by atoms with van der Waals surface area (Å²) in [7, 11) is -5.29. The molecular weight excluding hydrogens is 848 g/mol. The Morgan fingerprint density at radius 1 is 0.783 bits per heavy atom. The van der Waals surface area contributed by atoms with E-state index in [-0.39, 0.29) is 0 Å². The Bertz CT molecular complexity index is 1580. The number of aliphatic hydroxyl groups is 11. The summed E-state index contributed by atoms with van der Waals surface area (Å²) in [4.78, 5) is 37.2. The van der Waals surface area contributed by atoms with Gasteiger partial charge in [0.1, 0.15) is 85.4 Å². The molecule has 15 N–H and O–H groups in total. The lowest BCUT2D eigenvalue weighted by Gasteiger charge is -2.51. The van der Waals surface area contributed by atoms with Crippen LogP contribution in [0.5, 0.6) is 0 Å². The standard InChI is InChI=1S/C31H52N2O26S/c1-8-17(40)20(43)21(44)28(53-8)57-25-16(33-10(3)37)27(46)54-14(7-52-60(49,50)51)23(25)56-29-22(45)26(19(42)13(6-35)55-29)59-31(30(47)48)4-11(38)15(32-9(2)36)24(58-31)18(41)12(39)5-34/h8,11-29,34-35,38-46H,4-7H2,1-3H3,(H,32,36)(H,33,37)(H,47,48)(H,49,50,51)/t8-,11-,12+,13+,14+,15?,16+,17+,18+,19-,20+,21-,22+,23+,24+,25+,26-,27?,28-,29-,31-/m0/s1. The van der Waals surface area contributed by atoms with Crippen LogP contribution in [-0.4, -0.2) is 240 Å². The monoisotopic (exact) mass is 900 g/mol. The van der Waals surface area contributed by atoms with Crippen LogP contribution < -0.4 is 10.6 Å². The number of hydrogen-bond acceptors (Lipinski definition) is 24. The lowest BCUT2D eigenvalue weighted by atomic mass is 9.88. The van der Waals surface area contributed by atoms with Crippen LogP contribution in [0.2, 0.25) is 0 Å². The van der Waals surface area contributed by atoms with Crippen molar-refractivity contribution in [1.82, 2.24) is 10.6 Å². The van der Waals surface area contributed by atoms with Gasteiger partial charge in [0.05, 0.1) is 38.1 Å². The van der Waals surface area contributed by atoms with Gasteiger partial charge in [-0.2, -0.15) is 8.42 Å². The third-order valence-electron chi connectivity index (χ3n) is 10.1. The summed E-state index contributed by atoms with van der Waals surface area (Å²) in [6.45, 7) is -0.295. The highest BCUT2D eigenvalue weighted by Gasteiger charge is 2.61. The summed E-state index contributed by atoms with van der Waals surface area (Å²) in [5, 5.41) is 132. The molecule has 0 aromatic carbocycles. The third-order valence-corrected chi connectivity index (χ3v) is 10.6. The molecule has 0 bridgehead atoms. The molecule has 2 unspecified atom stereocenters. The maximum Gasteiger partial charge on any atom is 0.397 e. The molecule has 0 aliphatic carbocycles. The first-order valence-electron chi connectivity index (χ1n) is 18.2. The predicted molar refractivity (Wildman–Crippen MR) is 183 cm³/mol. The molecule has 4 saturated heterocycles. The van der Waals surface area contributed by atoms with Gasteiger partial charge in [-0.3, -0.25) is 14.1 Å². The van der Waals surface area contributed by atoms with Crippen LogP contribution in [0.1, 0.15) is 27.2 Å². The molecular formula is C31H52N2O26S. The number of aliphatic hydroxyl groups excluding tert-OH is 11. The lowest BCUT2D eigenvalue weighted by Crippen LogP contribution is -2.71. The highest BCUT2D eigenvalue weighted by molar-refractivity contribution is 7.80. The highest BCUT2D eigenvalue weighted by atomic mass is 32.3. The van der Waals surface area contributed by atoms with Gasteiger partial charge in [0.2, 0.25) is 11.8 Å². The molecule has 0 aromatic heterocycles. The molecule has 0 aromatic rings. The van der Waals surface area contributed by atoms with E-state index in [0.29, 0.717) is 0 Å². The number of carbonyl (C=O) groups excluding carboxylic acids is 2. The van der Waals surface area contributed by atoms with Crippen LogP contribution in [-0.2, 0) is 62.1 Å². The summed E-state index contributed by atoms with van der Waals surface area (Å²) in [6, 6.07) is -3.45. The molecule has 21 atom stereocenters. The summed E-state index contributed by atoms with van der Waals surface area (Å²) >= 11 is 0. The first-order valence-corrected chi connectivity index (χ1v) is 19.6. The van der Waals surface area contributed by atoms with Gasteiger partial charge in [0.25, 0.3) is 5.79 Å². The van der Waals surface area contributed by atoms with E-state index >= 15 is 0 Å². The Labute approximate surface area is 340 Å². The second-order valence-corrected chi connectivity index (χ2v) is 15.6. The van der Waals surface area contributed by atoms with E-state index in [1.165, 1.54) is 6.92 Å². The van der Waals surface area contributed by atoms with Gasteiger partial charge in [-0.15, -0.1) is 0 Å². The Hall–Kier alpha value is -2.44. The quantitative estimate of drug-likeness (QED) is 0.0640. The van der Waals surface area contributed by atoms with Crippen molar-refractivity contribution in [3.8, 4) is 0 Å². The molecule has 0 radical (unpaired) electrons. The van der Waals surface area contributed by atoms with Crippen molar-refractivity contribution in [2.45, 2.75) is 155 Å². The Morgan fingerprint density at radius 2 is 1.37 bits per heavy atom. The van der Waals surface area contributed by atoms with Crippen LogP contribution in [0, 0.1) is 0 Å². The van der Waals surface area contributed by atoms with Crippen LogP contribution in [0.3, 0.4) is 0 Å². The molecule has 4 aliphatic heterocycles. The normalized spacial score (nSPS) is 43.7. The Kier molecular flexibility index (Phi) is 17.1. The zero-order valence-corrected chi connectivity index (χ0v) is 32.7. The van der Waals surface area contributed by atoms with E-state index in [2.05, 4.69) is 14.8 Å². The largest absolute Gasteiger partial charge is 0.477 e. The van der Waals surface area contributed by atoms with Gasteiger partial charge in [0.15, 0.2) is 18.9 Å². The summed E-state index contributed by atoms with van der Waals surface area (Å²) in [5.41, 5.74) is 0. The van der Waals surface area contributed by atoms with Crippen molar-refractivity contribution < 1.29 is 126 Å². The molecule has 4 heterocycles. The molecule has 60 heavy (non-hydrogen) atoms. The minimum Gasteiger partial charge on any atom is -0.477 e. The minimum atomic E-state index is -5.29. The first-order chi connectivity index (χ1) is 27.9. The number of hydrogen-bond donors (Lipinski definition) is 15. The second-order valence-electron chi connectivity index (χ2n) is 14.6. The first kappa shape index (κ1) is 50.2. The molecule has 2 amide bonds. The van der Waals surface area contributed by atoms with Gasteiger partial charge in [-0.1, -0.05) is 0 Å². The molecule has 4 aliphatic rings. The number of carbonyl (C=O) groups is 3. The van der Waals surface area contributed by atoms with Crippen LogP contribution in [0.4, 0.5) is 0 Å². The average molecular weight is 901 g/mol. The molecule has 348 valence electrons. The number of rotatable bonds is 16. The van der Waals surface area contributed by atoms with Crippen molar-refractivity contribution in [2.75, 3.05) is 19.8 Å². The van der Waals surface area contributed by atoms with Crippen LogP contribution >= 0.6 is 0 Å². The molecule has 29 heteroatoms. The molecule has 28 nitrogen and oxygen atoms in total. The van der Waals surface area contributed by atoms with Crippen molar-refractivity contribution >= 4 is 28.2 Å². The smallest absolute Gasteiger partial charge is 0.397 e. The van der Waals surface area contributed by atoms with Crippen LogP contribution in [0.15, 0.2) is 0 Å². The zero-order valence-electron chi connectivity index (χ0n) is 31.9. The predicted octanol–water partition coefficient (Wildman–Crippen LogP) is -9.40. The maximum atomic E-state index is 12.9. The number of carboxylic acid groups (broad SMARTS) is 1. The third kappa shape index (κ3) is 11.4. The second kappa shape index (κ2) is 20.4. The van der Waals surface area contributed by atoms with Crippen LogP contribution in [0.25, 0.3) is 0 Å². The van der Waals surface area contributed by atoms with Gasteiger partial charge < -0.3 is 105 Å². The highest BCUT2D eigenvalue weighted by Crippen LogP contribution is 2.39. The van der Waals surface area contributed by atoms with Crippen molar-refractivity contribution in [3.05, 3.63) is 0 Å². The van der Waals surface area contributed by atoms with E-state index in [4.69, 9.17) is 33.2 Å². The lowest BCUT2D eigenvalue weighted by molar-refractivity contribution is -0.389. The van der Waals surface area contributed by atoms with E-state index < -0.39 is 183 Å². The summed E-state index contributed by atoms with van der Waals surface area (Å²) in [5.74, 6) is -6.98. The van der Waals surface area contributed by atoms with Gasteiger partial charge >= 0.3 is 16.4 Å². The maximum absolute atomic E-state index is 12.9. The average Bonchev–Trinajstić information content (AvgIpc) is 3.16.